The number of morpholine rings is 1. The van der Waals surface area contributed by atoms with Gasteiger partial charge in [0, 0.05) is 31.7 Å². The van der Waals surface area contributed by atoms with Crippen LogP contribution in [0.5, 0.6) is 0 Å². The topological polar surface area (TPSA) is 83.3 Å². The maximum Gasteiger partial charge on any atom is 0.246 e. The van der Waals surface area contributed by atoms with E-state index in [1.807, 2.05) is 0 Å². The first kappa shape index (κ1) is 20.1. The Bertz CT molecular complexity index is 787. The maximum absolute atomic E-state index is 14.0. The van der Waals surface area contributed by atoms with Crippen LogP contribution in [0.4, 0.5) is 16.3 Å². The molecule has 0 amide bonds. The molecule has 2 fully saturated rings. The highest BCUT2D eigenvalue weighted by Crippen LogP contribution is 2.27. The summed E-state index contributed by atoms with van der Waals surface area (Å²) in [6.45, 7) is 6.65. The van der Waals surface area contributed by atoms with Gasteiger partial charge in [-0.3, -0.25) is 4.90 Å². The van der Waals surface area contributed by atoms with Gasteiger partial charge < -0.3 is 15.4 Å². The van der Waals surface area contributed by atoms with E-state index in [-0.39, 0.29) is 12.1 Å². The zero-order chi connectivity index (χ0) is 20.4. The second-order valence-corrected chi connectivity index (χ2v) is 8.33. The second-order valence-electron chi connectivity index (χ2n) is 8.33. The highest BCUT2D eigenvalue weighted by Gasteiger charge is 2.37. The average molecular weight is 403 g/mol. The van der Waals surface area contributed by atoms with Gasteiger partial charge >= 0.3 is 0 Å². The van der Waals surface area contributed by atoms with E-state index in [9.17, 15) is 4.39 Å². The molecule has 2 aliphatic rings. The van der Waals surface area contributed by atoms with E-state index in [1.54, 1.807) is 6.92 Å². The second kappa shape index (κ2) is 8.67. The van der Waals surface area contributed by atoms with Crippen LogP contribution in [0, 0.1) is 6.92 Å². The average Bonchev–Trinajstić information content (AvgIpc) is 3.16. The lowest BCUT2D eigenvalue weighted by Crippen LogP contribution is -2.58. The SMILES string of the molecule is Cc1ccc(C[C@H]2COC(C(C)F)CN2C2CCN(c3n[nH]c(N)n3)CC2)cc1. The van der Waals surface area contributed by atoms with Gasteiger partial charge in [0.2, 0.25) is 11.9 Å². The van der Waals surface area contributed by atoms with Crippen LogP contribution >= 0.6 is 0 Å². The van der Waals surface area contributed by atoms with Crippen LogP contribution in [0.3, 0.4) is 0 Å². The Kier molecular flexibility index (Phi) is 6.01. The molecule has 7 nitrogen and oxygen atoms in total. The molecule has 0 bridgehead atoms. The molecule has 0 radical (unpaired) electrons. The van der Waals surface area contributed by atoms with Crippen molar-refractivity contribution in [3.05, 3.63) is 35.4 Å². The smallest absolute Gasteiger partial charge is 0.246 e. The Morgan fingerprint density at radius 3 is 2.62 bits per heavy atom. The van der Waals surface area contributed by atoms with Crippen molar-refractivity contribution in [2.45, 2.75) is 57.5 Å². The quantitative estimate of drug-likeness (QED) is 0.799. The van der Waals surface area contributed by atoms with Crippen LogP contribution in [0.2, 0.25) is 0 Å². The molecular weight excluding hydrogens is 371 g/mol. The van der Waals surface area contributed by atoms with Gasteiger partial charge in [0.05, 0.1) is 6.61 Å². The molecule has 2 saturated heterocycles. The van der Waals surface area contributed by atoms with Gasteiger partial charge in [-0.15, -0.1) is 5.10 Å². The molecule has 4 rings (SSSR count). The summed E-state index contributed by atoms with van der Waals surface area (Å²) in [6, 6.07) is 9.35. The lowest BCUT2D eigenvalue weighted by molar-refractivity contribution is -0.105. The number of nitrogens with one attached hydrogen (secondary N) is 1. The molecule has 0 spiro atoms. The third-order valence-electron chi connectivity index (χ3n) is 6.17. The number of benzene rings is 1. The highest BCUT2D eigenvalue weighted by molar-refractivity contribution is 5.34. The molecular formula is C21H31FN6O. The molecule has 2 aromatic rings. The molecule has 1 aromatic heterocycles. The van der Waals surface area contributed by atoms with Gasteiger partial charge in [0.15, 0.2) is 0 Å². The van der Waals surface area contributed by atoms with Crippen LogP contribution in [0.1, 0.15) is 30.9 Å². The molecule has 8 heteroatoms. The molecule has 3 atom stereocenters. The number of halogens is 1. The lowest BCUT2D eigenvalue weighted by Gasteiger charge is -2.47. The standard InChI is InChI=1S/C21H31FN6O/c1-14-3-5-16(6-4-14)11-18-13-29-19(15(2)22)12-28(18)17-7-9-27(10-8-17)21-24-20(23)25-26-21/h3-6,15,17-19H,7-13H2,1-2H3,(H3,23,24,25,26)/t15?,18-,19?/m0/s1. The number of anilines is 2. The van der Waals surface area contributed by atoms with Gasteiger partial charge in [-0.2, -0.15) is 4.98 Å². The number of nitrogens with zero attached hydrogens (tertiary/aromatic N) is 4. The van der Waals surface area contributed by atoms with Crippen LogP contribution in [-0.2, 0) is 11.2 Å². The number of alkyl halides is 1. The van der Waals surface area contributed by atoms with E-state index in [4.69, 9.17) is 10.5 Å². The summed E-state index contributed by atoms with van der Waals surface area (Å²) < 4.78 is 19.9. The monoisotopic (exact) mass is 402 g/mol. The van der Waals surface area contributed by atoms with Crippen LogP contribution in [-0.4, -0.2) is 70.7 Å². The summed E-state index contributed by atoms with van der Waals surface area (Å²) in [5, 5.41) is 6.88. The van der Waals surface area contributed by atoms with E-state index in [0.717, 1.165) is 32.4 Å². The van der Waals surface area contributed by atoms with Gasteiger partial charge in [0.25, 0.3) is 0 Å². The largest absolute Gasteiger partial charge is 0.372 e. The summed E-state index contributed by atoms with van der Waals surface area (Å²) in [6.07, 6.45) is 1.59. The summed E-state index contributed by atoms with van der Waals surface area (Å²) in [5.74, 6) is 1.00. The van der Waals surface area contributed by atoms with Crippen molar-refractivity contribution in [1.82, 2.24) is 20.1 Å². The van der Waals surface area contributed by atoms with Crippen molar-refractivity contribution >= 4 is 11.9 Å². The lowest BCUT2D eigenvalue weighted by atomic mass is 9.95. The van der Waals surface area contributed by atoms with Crippen molar-refractivity contribution in [1.29, 1.82) is 0 Å². The van der Waals surface area contributed by atoms with E-state index in [2.05, 4.69) is 56.2 Å². The third kappa shape index (κ3) is 4.70. The number of hydrogen-bond acceptors (Lipinski definition) is 6. The minimum absolute atomic E-state index is 0.267. The zero-order valence-electron chi connectivity index (χ0n) is 17.2. The summed E-state index contributed by atoms with van der Waals surface area (Å²) >= 11 is 0. The van der Waals surface area contributed by atoms with Crippen molar-refractivity contribution in [2.24, 2.45) is 0 Å². The molecule has 158 valence electrons. The number of aromatic nitrogens is 3. The minimum atomic E-state index is -0.964. The fraction of sp³-hybridized carbons (Fsp3) is 0.619. The van der Waals surface area contributed by atoms with Gasteiger partial charge in [-0.25, -0.2) is 9.49 Å². The molecule has 0 saturated carbocycles. The first-order valence-corrected chi connectivity index (χ1v) is 10.5. The number of aromatic amines is 1. The third-order valence-corrected chi connectivity index (χ3v) is 6.17. The van der Waals surface area contributed by atoms with Crippen molar-refractivity contribution in [3.8, 4) is 0 Å². The maximum atomic E-state index is 14.0. The minimum Gasteiger partial charge on any atom is -0.372 e. The summed E-state index contributed by atoms with van der Waals surface area (Å²) in [4.78, 5) is 8.89. The van der Waals surface area contributed by atoms with Gasteiger partial charge in [0.1, 0.15) is 12.3 Å². The zero-order valence-corrected chi connectivity index (χ0v) is 17.2. The highest BCUT2D eigenvalue weighted by atomic mass is 19.1. The molecule has 0 aliphatic carbocycles. The first-order valence-electron chi connectivity index (χ1n) is 10.5. The molecule has 2 unspecified atom stereocenters. The Morgan fingerprint density at radius 1 is 1.28 bits per heavy atom. The number of ether oxygens (including phenoxy) is 1. The normalized spacial score (nSPS) is 25.3. The number of H-pyrrole nitrogens is 1. The van der Waals surface area contributed by atoms with E-state index in [1.165, 1.54) is 11.1 Å². The summed E-state index contributed by atoms with van der Waals surface area (Å²) in [5.41, 5.74) is 8.22. The van der Waals surface area contributed by atoms with Crippen LogP contribution in [0.25, 0.3) is 0 Å². The number of nitrogens with two attached hydrogens (primary N) is 1. The number of nitrogen functional groups attached to an aromatic ring is 1. The van der Waals surface area contributed by atoms with E-state index in [0.29, 0.717) is 31.1 Å². The molecule has 3 heterocycles. The Labute approximate surface area is 171 Å². The molecule has 29 heavy (non-hydrogen) atoms. The molecule has 1 aromatic carbocycles. The predicted molar refractivity (Wildman–Crippen MR) is 112 cm³/mol. The Balaban J connectivity index is 1.44. The number of rotatable bonds is 5. The van der Waals surface area contributed by atoms with E-state index < -0.39 is 6.17 Å². The van der Waals surface area contributed by atoms with E-state index >= 15 is 0 Å². The van der Waals surface area contributed by atoms with Crippen LogP contribution < -0.4 is 10.6 Å². The predicted octanol–water partition coefficient (Wildman–Crippen LogP) is 2.33. The fourth-order valence-corrected chi connectivity index (χ4v) is 4.44. The Hall–Kier alpha value is -2.19. The fourth-order valence-electron chi connectivity index (χ4n) is 4.44. The molecule has 3 N–H and O–H groups in total. The van der Waals surface area contributed by atoms with Crippen LogP contribution in [0.15, 0.2) is 24.3 Å². The van der Waals surface area contributed by atoms with Crippen molar-refractivity contribution < 1.29 is 9.13 Å². The van der Waals surface area contributed by atoms with Gasteiger partial charge in [-0.05, 0) is 38.7 Å². The van der Waals surface area contributed by atoms with Crippen molar-refractivity contribution in [2.75, 3.05) is 36.9 Å². The van der Waals surface area contributed by atoms with Gasteiger partial charge in [-0.1, -0.05) is 29.8 Å². The molecule has 2 aliphatic heterocycles. The number of piperidine rings is 1. The first-order chi connectivity index (χ1) is 14.0. The summed E-state index contributed by atoms with van der Waals surface area (Å²) in [7, 11) is 0. The number of aryl methyl sites for hydroxylation is 1. The number of hydrogen-bond donors (Lipinski definition) is 2. The van der Waals surface area contributed by atoms with Crippen molar-refractivity contribution in [3.63, 3.8) is 0 Å². The Morgan fingerprint density at radius 2 is 2.00 bits per heavy atom.